The molecule has 27 heavy (non-hydrogen) atoms. The molecule has 0 bridgehead atoms. The van der Waals surface area contributed by atoms with E-state index >= 15 is 0 Å². The Kier molecular flexibility index (Phi) is 2.75. The van der Waals surface area contributed by atoms with Crippen molar-refractivity contribution in [1.82, 2.24) is 9.97 Å². The molecular weight excluding hydrogens is 332 g/mol. The molecule has 0 atom stereocenters. The largest absolute Gasteiger partial charge is 0.337 e. The van der Waals surface area contributed by atoms with E-state index in [0.717, 1.165) is 39.5 Å². The smallest absolute Gasteiger partial charge is 0.150 e. The lowest BCUT2D eigenvalue weighted by atomic mass is 9.93. The van der Waals surface area contributed by atoms with Gasteiger partial charge in [0.2, 0.25) is 0 Å². The van der Waals surface area contributed by atoms with Crippen LogP contribution < -0.4 is 0 Å². The highest BCUT2D eigenvalue weighted by Gasteiger charge is 2.17. The lowest BCUT2D eigenvalue weighted by Crippen LogP contribution is -1.88. The number of nitrogens with zero attached hydrogens (tertiary/aromatic N) is 1. The van der Waals surface area contributed by atoms with Gasteiger partial charge >= 0.3 is 0 Å². The van der Waals surface area contributed by atoms with Crippen LogP contribution in [-0.4, -0.2) is 16.3 Å². The summed E-state index contributed by atoms with van der Waals surface area (Å²) in [4.78, 5) is 19.9. The van der Waals surface area contributed by atoms with Crippen molar-refractivity contribution in [1.29, 1.82) is 0 Å². The molecule has 0 saturated heterocycles. The van der Waals surface area contributed by atoms with Crippen molar-refractivity contribution in [3.05, 3.63) is 78.4 Å². The minimum atomic E-state index is 0.637. The van der Waals surface area contributed by atoms with Gasteiger partial charge in [0.15, 0.2) is 6.29 Å². The molecular formula is C24H14N2O. The van der Waals surface area contributed by atoms with Crippen LogP contribution in [0.4, 0.5) is 0 Å². The van der Waals surface area contributed by atoms with Gasteiger partial charge in [-0.2, -0.15) is 0 Å². The van der Waals surface area contributed by atoms with Gasteiger partial charge in [-0.1, -0.05) is 72.8 Å². The first kappa shape index (κ1) is 14.4. The fraction of sp³-hybridized carbons (Fsp3) is 0. The molecule has 5 aromatic carbocycles. The average molecular weight is 346 g/mol. The predicted octanol–water partition coefficient (Wildman–Crippen LogP) is 5.94. The molecule has 6 aromatic rings. The Bertz CT molecular complexity index is 1410. The number of carbonyl (C=O) groups excluding carboxylic acids is 1. The third-order valence-electron chi connectivity index (χ3n) is 5.46. The van der Waals surface area contributed by atoms with Crippen molar-refractivity contribution in [2.24, 2.45) is 0 Å². The number of aldehydes is 1. The van der Waals surface area contributed by atoms with Crippen molar-refractivity contribution >= 4 is 49.6 Å². The predicted molar refractivity (Wildman–Crippen MR) is 111 cm³/mol. The quantitative estimate of drug-likeness (QED) is 0.311. The Balaban J connectivity index is 1.85. The average Bonchev–Trinajstić information content (AvgIpc) is 3.18. The Morgan fingerprint density at radius 3 is 2.22 bits per heavy atom. The zero-order valence-corrected chi connectivity index (χ0v) is 14.4. The van der Waals surface area contributed by atoms with Crippen LogP contribution in [0.2, 0.25) is 0 Å². The summed E-state index contributed by atoms with van der Waals surface area (Å²) in [5.41, 5.74) is 3.42. The number of aromatic nitrogens is 2. The molecule has 0 unspecified atom stereocenters. The first-order chi connectivity index (χ1) is 13.3. The van der Waals surface area contributed by atoms with Crippen LogP contribution in [0, 0.1) is 0 Å². The van der Waals surface area contributed by atoms with Gasteiger partial charge in [-0.3, -0.25) is 4.79 Å². The highest BCUT2D eigenvalue weighted by molar-refractivity contribution is 6.32. The van der Waals surface area contributed by atoms with Gasteiger partial charge in [0.05, 0.1) is 11.0 Å². The minimum Gasteiger partial charge on any atom is -0.337 e. The highest BCUT2D eigenvalue weighted by Crippen LogP contribution is 2.40. The van der Waals surface area contributed by atoms with E-state index in [0.29, 0.717) is 5.56 Å². The standard InChI is InChI=1S/C24H14N2O/c27-13-16-5-1-2-8-17(16)24-25-22-18-9-3-6-14-11-12-15-7-4-10-19(23(22)26-24)21(15)20(14)18/h1-13H,(H,25,26). The second-order valence-electron chi connectivity index (χ2n) is 6.89. The van der Waals surface area contributed by atoms with Gasteiger partial charge in [-0.05, 0) is 21.5 Å². The Morgan fingerprint density at radius 1 is 0.741 bits per heavy atom. The third-order valence-corrected chi connectivity index (χ3v) is 5.46. The maximum atomic E-state index is 11.5. The molecule has 0 amide bonds. The second-order valence-corrected chi connectivity index (χ2v) is 6.89. The van der Waals surface area contributed by atoms with E-state index in [4.69, 9.17) is 4.98 Å². The number of aromatic amines is 1. The fourth-order valence-electron chi connectivity index (χ4n) is 4.27. The first-order valence-electron chi connectivity index (χ1n) is 8.95. The SMILES string of the molecule is O=Cc1ccccc1-c1nc2c3cccc4ccc5cccc(c2[nH]1)c5c43. The molecule has 0 fully saturated rings. The number of hydrogen-bond donors (Lipinski definition) is 1. The van der Waals surface area contributed by atoms with Gasteiger partial charge in [0, 0.05) is 21.9 Å². The summed E-state index contributed by atoms with van der Waals surface area (Å²) in [7, 11) is 0. The van der Waals surface area contributed by atoms with Gasteiger partial charge in [0.25, 0.3) is 0 Å². The van der Waals surface area contributed by atoms with Crippen LogP contribution in [-0.2, 0) is 0 Å². The molecule has 0 aliphatic carbocycles. The van der Waals surface area contributed by atoms with Crippen LogP contribution in [0.15, 0.2) is 72.8 Å². The molecule has 1 N–H and O–H groups in total. The molecule has 1 heterocycles. The number of carbonyl (C=O) groups is 1. The number of benzene rings is 5. The molecule has 126 valence electrons. The summed E-state index contributed by atoms with van der Waals surface area (Å²) < 4.78 is 0. The Hall–Kier alpha value is -3.72. The monoisotopic (exact) mass is 346 g/mol. The van der Waals surface area contributed by atoms with E-state index in [1.807, 2.05) is 24.3 Å². The van der Waals surface area contributed by atoms with Crippen LogP contribution in [0.3, 0.4) is 0 Å². The molecule has 3 nitrogen and oxygen atoms in total. The first-order valence-corrected chi connectivity index (χ1v) is 8.95. The lowest BCUT2D eigenvalue weighted by Gasteiger charge is -2.11. The number of H-pyrrole nitrogens is 1. The van der Waals surface area contributed by atoms with Crippen molar-refractivity contribution in [3.63, 3.8) is 0 Å². The van der Waals surface area contributed by atoms with E-state index in [1.54, 1.807) is 0 Å². The van der Waals surface area contributed by atoms with E-state index < -0.39 is 0 Å². The van der Waals surface area contributed by atoms with E-state index in [9.17, 15) is 4.79 Å². The van der Waals surface area contributed by atoms with E-state index in [2.05, 4.69) is 53.5 Å². The summed E-state index contributed by atoms with van der Waals surface area (Å²) >= 11 is 0. The van der Waals surface area contributed by atoms with Gasteiger partial charge < -0.3 is 4.98 Å². The fourth-order valence-corrected chi connectivity index (χ4v) is 4.27. The van der Waals surface area contributed by atoms with Crippen LogP contribution in [0.5, 0.6) is 0 Å². The van der Waals surface area contributed by atoms with Crippen LogP contribution >= 0.6 is 0 Å². The molecule has 0 radical (unpaired) electrons. The van der Waals surface area contributed by atoms with Gasteiger partial charge in [-0.25, -0.2) is 4.98 Å². The molecule has 1 aromatic heterocycles. The van der Waals surface area contributed by atoms with Crippen molar-refractivity contribution in [2.45, 2.75) is 0 Å². The number of nitrogens with one attached hydrogen (secondary N) is 1. The molecule has 0 saturated carbocycles. The number of imidazole rings is 1. The Morgan fingerprint density at radius 2 is 1.44 bits per heavy atom. The Labute approximate surface area is 154 Å². The highest BCUT2D eigenvalue weighted by atomic mass is 16.1. The van der Waals surface area contributed by atoms with Crippen molar-refractivity contribution < 1.29 is 4.79 Å². The van der Waals surface area contributed by atoms with Gasteiger partial charge in [-0.15, -0.1) is 0 Å². The normalized spacial score (nSPS) is 11.9. The second kappa shape index (κ2) is 5.15. The van der Waals surface area contributed by atoms with E-state index in [1.165, 1.54) is 21.5 Å². The molecule has 3 heteroatoms. The molecule has 0 spiro atoms. The summed E-state index contributed by atoms with van der Waals surface area (Å²) in [6.07, 6.45) is 0.882. The summed E-state index contributed by atoms with van der Waals surface area (Å²) in [5, 5.41) is 7.25. The summed E-state index contributed by atoms with van der Waals surface area (Å²) in [6, 6.07) is 24.6. The zero-order valence-electron chi connectivity index (χ0n) is 14.4. The molecule has 6 rings (SSSR count). The molecule has 0 aliphatic heterocycles. The zero-order chi connectivity index (χ0) is 18.0. The number of hydrogen-bond acceptors (Lipinski definition) is 2. The molecule has 0 aliphatic rings. The van der Waals surface area contributed by atoms with Gasteiger partial charge in [0.1, 0.15) is 5.82 Å². The summed E-state index contributed by atoms with van der Waals surface area (Å²) in [6.45, 7) is 0. The lowest BCUT2D eigenvalue weighted by molar-refractivity contribution is 0.112. The maximum Gasteiger partial charge on any atom is 0.150 e. The third kappa shape index (κ3) is 1.86. The van der Waals surface area contributed by atoms with Crippen molar-refractivity contribution in [2.75, 3.05) is 0 Å². The maximum absolute atomic E-state index is 11.5. The van der Waals surface area contributed by atoms with E-state index in [-0.39, 0.29) is 0 Å². The minimum absolute atomic E-state index is 0.637. The number of rotatable bonds is 2. The topological polar surface area (TPSA) is 45.8 Å². The summed E-state index contributed by atoms with van der Waals surface area (Å²) in [5.74, 6) is 0.726. The van der Waals surface area contributed by atoms with Crippen LogP contribution in [0.25, 0.3) is 54.7 Å². The van der Waals surface area contributed by atoms with Crippen LogP contribution in [0.1, 0.15) is 10.4 Å². The van der Waals surface area contributed by atoms with Crippen molar-refractivity contribution in [3.8, 4) is 11.4 Å². The number of fused-ring (bicyclic) bond motifs is 3.